The summed E-state index contributed by atoms with van der Waals surface area (Å²) in [6, 6.07) is 9.64. The molecule has 0 aliphatic carbocycles. The molecule has 6 nitrogen and oxygen atoms in total. The second-order valence-corrected chi connectivity index (χ2v) is 4.76. The Kier molecular flexibility index (Phi) is 5.31. The minimum atomic E-state index is -0.823. The molecule has 0 amide bonds. The number of benzene rings is 1. The Bertz CT molecular complexity index is 569. The second-order valence-electron chi connectivity index (χ2n) is 4.76. The molecule has 21 heavy (non-hydrogen) atoms. The van der Waals surface area contributed by atoms with Crippen LogP contribution in [0.1, 0.15) is 31.5 Å². The molecular formula is C15H19N3O3. The van der Waals surface area contributed by atoms with Crippen LogP contribution in [0, 0.1) is 0 Å². The summed E-state index contributed by atoms with van der Waals surface area (Å²) in [6.45, 7) is 2.88. The second kappa shape index (κ2) is 7.42. The maximum atomic E-state index is 10.8. The number of para-hydroxylation sites is 1. The van der Waals surface area contributed by atoms with Gasteiger partial charge < -0.3 is 14.5 Å². The Balaban J connectivity index is 2.09. The van der Waals surface area contributed by atoms with Crippen molar-refractivity contribution in [2.24, 2.45) is 0 Å². The number of carboxylic acid groups (broad SMARTS) is 1. The van der Waals surface area contributed by atoms with Crippen molar-refractivity contribution in [3.8, 4) is 0 Å². The number of anilines is 1. The SMILES string of the molecule is CCCc1nc(CN(CCC(=O)O)c2ccccc2)no1. The van der Waals surface area contributed by atoms with Gasteiger partial charge in [0.25, 0.3) is 0 Å². The molecule has 2 aromatic rings. The van der Waals surface area contributed by atoms with Gasteiger partial charge in [0.2, 0.25) is 5.89 Å². The number of rotatable bonds is 8. The van der Waals surface area contributed by atoms with Gasteiger partial charge in [0.1, 0.15) is 0 Å². The highest BCUT2D eigenvalue weighted by Gasteiger charge is 2.13. The van der Waals surface area contributed by atoms with Crippen molar-refractivity contribution in [3.05, 3.63) is 42.0 Å². The maximum absolute atomic E-state index is 10.8. The monoisotopic (exact) mass is 289 g/mol. The van der Waals surface area contributed by atoms with Gasteiger partial charge in [-0.1, -0.05) is 30.3 Å². The zero-order valence-corrected chi connectivity index (χ0v) is 12.0. The third kappa shape index (κ3) is 4.59. The van der Waals surface area contributed by atoms with Crippen LogP contribution in [0.15, 0.2) is 34.9 Å². The molecule has 6 heteroatoms. The fraction of sp³-hybridized carbons (Fsp3) is 0.400. The minimum Gasteiger partial charge on any atom is -0.481 e. The van der Waals surface area contributed by atoms with E-state index in [1.807, 2.05) is 42.2 Å². The van der Waals surface area contributed by atoms with Crippen molar-refractivity contribution in [2.75, 3.05) is 11.4 Å². The van der Waals surface area contributed by atoms with E-state index >= 15 is 0 Å². The van der Waals surface area contributed by atoms with Crippen LogP contribution in [0.5, 0.6) is 0 Å². The molecule has 0 bridgehead atoms. The first-order valence-electron chi connectivity index (χ1n) is 7.02. The Morgan fingerprint density at radius 1 is 1.33 bits per heavy atom. The molecule has 112 valence electrons. The Hall–Kier alpha value is -2.37. The number of carbonyl (C=O) groups is 1. The molecule has 1 aromatic heterocycles. The third-order valence-electron chi connectivity index (χ3n) is 3.02. The van der Waals surface area contributed by atoms with E-state index in [4.69, 9.17) is 9.63 Å². The molecule has 0 radical (unpaired) electrons. The summed E-state index contributed by atoms with van der Waals surface area (Å²) >= 11 is 0. The lowest BCUT2D eigenvalue weighted by Crippen LogP contribution is -2.26. The predicted molar refractivity (Wildman–Crippen MR) is 78.0 cm³/mol. The zero-order valence-electron chi connectivity index (χ0n) is 12.0. The van der Waals surface area contributed by atoms with Gasteiger partial charge in [-0.05, 0) is 18.6 Å². The predicted octanol–water partition coefficient (Wildman–Crippen LogP) is 2.50. The van der Waals surface area contributed by atoms with Crippen molar-refractivity contribution in [2.45, 2.75) is 32.7 Å². The number of carboxylic acids is 1. The number of hydrogen-bond acceptors (Lipinski definition) is 5. The molecular weight excluding hydrogens is 270 g/mol. The van der Waals surface area contributed by atoms with Crippen molar-refractivity contribution in [1.82, 2.24) is 10.1 Å². The highest BCUT2D eigenvalue weighted by Crippen LogP contribution is 2.16. The van der Waals surface area contributed by atoms with E-state index in [9.17, 15) is 4.79 Å². The fourth-order valence-corrected chi connectivity index (χ4v) is 2.01. The molecule has 1 heterocycles. The van der Waals surface area contributed by atoms with E-state index < -0.39 is 5.97 Å². The minimum absolute atomic E-state index is 0.0641. The van der Waals surface area contributed by atoms with Crippen molar-refractivity contribution < 1.29 is 14.4 Å². The van der Waals surface area contributed by atoms with Gasteiger partial charge in [0, 0.05) is 18.7 Å². The molecule has 0 aliphatic rings. The summed E-state index contributed by atoms with van der Waals surface area (Å²) < 4.78 is 5.16. The molecule has 1 N–H and O–H groups in total. The molecule has 0 fully saturated rings. The normalized spacial score (nSPS) is 10.5. The lowest BCUT2D eigenvalue weighted by Gasteiger charge is -2.22. The van der Waals surface area contributed by atoms with Gasteiger partial charge in [-0.25, -0.2) is 0 Å². The summed E-state index contributed by atoms with van der Waals surface area (Å²) in [5.41, 5.74) is 0.945. The van der Waals surface area contributed by atoms with Crippen LogP contribution in [0.3, 0.4) is 0 Å². The summed E-state index contributed by atoms with van der Waals surface area (Å²) in [7, 11) is 0. The number of aromatic nitrogens is 2. The van der Waals surface area contributed by atoms with Crippen molar-refractivity contribution >= 4 is 11.7 Å². The van der Waals surface area contributed by atoms with E-state index in [2.05, 4.69) is 10.1 Å². The average molecular weight is 289 g/mol. The van der Waals surface area contributed by atoms with Crippen molar-refractivity contribution in [3.63, 3.8) is 0 Å². The van der Waals surface area contributed by atoms with Gasteiger partial charge in [-0.15, -0.1) is 0 Å². The van der Waals surface area contributed by atoms with Crippen LogP contribution in [0.4, 0.5) is 5.69 Å². The Labute approximate surface area is 123 Å². The van der Waals surface area contributed by atoms with Gasteiger partial charge in [0.15, 0.2) is 5.82 Å². The average Bonchev–Trinajstić information content (AvgIpc) is 2.92. The van der Waals surface area contributed by atoms with Crippen LogP contribution in [-0.4, -0.2) is 27.8 Å². The largest absolute Gasteiger partial charge is 0.481 e. The van der Waals surface area contributed by atoms with Gasteiger partial charge in [-0.2, -0.15) is 4.98 Å². The third-order valence-corrected chi connectivity index (χ3v) is 3.02. The highest BCUT2D eigenvalue weighted by atomic mass is 16.5. The first kappa shape index (κ1) is 15.0. The number of aryl methyl sites for hydroxylation is 1. The molecule has 0 spiro atoms. The van der Waals surface area contributed by atoms with Crippen molar-refractivity contribution in [1.29, 1.82) is 0 Å². The van der Waals surface area contributed by atoms with Crippen LogP contribution >= 0.6 is 0 Å². The topological polar surface area (TPSA) is 79.5 Å². The molecule has 0 saturated carbocycles. The fourth-order valence-electron chi connectivity index (χ4n) is 2.01. The van der Waals surface area contributed by atoms with Crippen LogP contribution in [0.25, 0.3) is 0 Å². The smallest absolute Gasteiger partial charge is 0.305 e. The quantitative estimate of drug-likeness (QED) is 0.804. The lowest BCUT2D eigenvalue weighted by atomic mass is 10.2. The highest BCUT2D eigenvalue weighted by molar-refractivity contribution is 5.67. The van der Waals surface area contributed by atoms with Crippen LogP contribution in [0.2, 0.25) is 0 Å². The summed E-state index contributed by atoms with van der Waals surface area (Å²) in [6.07, 6.45) is 1.77. The molecule has 1 aromatic carbocycles. The molecule has 0 unspecified atom stereocenters. The van der Waals surface area contributed by atoms with E-state index in [0.29, 0.717) is 24.8 Å². The number of hydrogen-bond donors (Lipinski definition) is 1. The Morgan fingerprint density at radius 2 is 2.10 bits per heavy atom. The van der Waals surface area contributed by atoms with E-state index in [1.54, 1.807) is 0 Å². The standard InChI is InChI=1S/C15H19N3O3/c1-2-6-14-16-13(17-21-14)11-18(10-9-15(19)20)12-7-4-3-5-8-12/h3-5,7-8H,2,6,9-11H2,1H3,(H,19,20). The maximum Gasteiger partial charge on any atom is 0.305 e. The summed E-state index contributed by atoms with van der Waals surface area (Å²) in [4.78, 5) is 17.1. The van der Waals surface area contributed by atoms with Gasteiger partial charge in [-0.3, -0.25) is 4.79 Å². The van der Waals surface area contributed by atoms with Gasteiger partial charge >= 0.3 is 5.97 Å². The number of aliphatic carboxylic acids is 1. The Morgan fingerprint density at radius 3 is 2.76 bits per heavy atom. The van der Waals surface area contributed by atoms with E-state index in [0.717, 1.165) is 18.5 Å². The molecule has 0 saturated heterocycles. The van der Waals surface area contributed by atoms with Crippen LogP contribution in [-0.2, 0) is 17.8 Å². The molecule has 0 aliphatic heterocycles. The molecule has 0 atom stereocenters. The van der Waals surface area contributed by atoms with E-state index in [1.165, 1.54) is 0 Å². The lowest BCUT2D eigenvalue weighted by molar-refractivity contribution is -0.136. The van der Waals surface area contributed by atoms with E-state index in [-0.39, 0.29) is 6.42 Å². The summed E-state index contributed by atoms with van der Waals surface area (Å²) in [5, 5.41) is 12.8. The molecule has 2 rings (SSSR count). The van der Waals surface area contributed by atoms with Gasteiger partial charge in [0.05, 0.1) is 13.0 Å². The number of nitrogens with zero attached hydrogens (tertiary/aromatic N) is 3. The first-order valence-corrected chi connectivity index (χ1v) is 7.02. The summed E-state index contributed by atoms with van der Waals surface area (Å²) in [5.74, 6) is 0.377. The first-order chi connectivity index (χ1) is 10.2. The zero-order chi connectivity index (χ0) is 15.1. The van der Waals surface area contributed by atoms with Crippen LogP contribution < -0.4 is 4.90 Å².